The molecule has 0 saturated carbocycles. The molecule has 7 nitrogen and oxygen atoms in total. The first-order valence-corrected chi connectivity index (χ1v) is 10.8. The van der Waals surface area contributed by atoms with E-state index in [1.807, 2.05) is 0 Å². The maximum absolute atomic E-state index is 12.6. The second kappa shape index (κ2) is 8.86. The first kappa shape index (κ1) is 19.9. The van der Waals surface area contributed by atoms with E-state index in [9.17, 15) is 13.2 Å². The molecule has 2 aromatic rings. The quantitative estimate of drug-likeness (QED) is 0.709. The minimum atomic E-state index is -3.48. The molecule has 0 spiro atoms. The minimum absolute atomic E-state index is 0.00902. The number of hydrogen-bond donors (Lipinski definition) is 1. The van der Waals surface area contributed by atoms with Crippen LogP contribution in [-0.4, -0.2) is 48.0 Å². The Morgan fingerprint density at radius 3 is 2.56 bits per heavy atom. The lowest BCUT2D eigenvalue weighted by molar-refractivity contribution is -0.126. The summed E-state index contributed by atoms with van der Waals surface area (Å²) in [5, 5.41) is 7.62. The van der Waals surface area contributed by atoms with Crippen LogP contribution in [0.25, 0.3) is 0 Å². The molecular weight excluding hydrogens is 388 g/mol. The van der Waals surface area contributed by atoms with Gasteiger partial charge >= 0.3 is 0 Å². The molecule has 1 saturated heterocycles. The van der Waals surface area contributed by atoms with Gasteiger partial charge in [-0.05, 0) is 31.4 Å². The van der Waals surface area contributed by atoms with E-state index in [1.54, 1.807) is 47.4 Å². The number of sulfonamides is 1. The minimum Gasteiger partial charge on any atom is -0.356 e. The highest BCUT2D eigenvalue weighted by molar-refractivity contribution is 7.89. The summed E-state index contributed by atoms with van der Waals surface area (Å²) in [5.41, 5.74) is 0. The Balaban J connectivity index is 1.42. The summed E-state index contributed by atoms with van der Waals surface area (Å²) in [4.78, 5) is 12.6. The van der Waals surface area contributed by atoms with E-state index >= 15 is 0 Å². The SMILES string of the molecule is O=C(NCCCn1cc(Cl)cn1)C1CCN(S(=O)(=O)c2ccccc2)CC1. The maximum atomic E-state index is 12.6. The number of piperidine rings is 1. The molecule has 146 valence electrons. The van der Waals surface area contributed by atoms with Crippen molar-refractivity contribution < 1.29 is 13.2 Å². The normalized spacial score (nSPS) is 16.3. The van der Waals surface area contributed by atoms with Crippen LogP contribution in [0.1, 0.15) is 19.3 Å². The highest BCUT2D eigenvalue weighted by atomic mass is 35.5. The lowest BCUT2D eigenvalue weighted by Gasteiger charge is -2.30. The summed E-state index contributed by atoms with van der Waals surface area (Å²) in [6, 6.07) is 8.41. The Hall–Kier alpha value is -1.90. The maximum Gasteiger partial charge on any atom is 0.243 e. The first-order chi connectivity index (χ1) is 13.0. The monoisotopic (exact) mass is 410 g/mol. The average molecular weight is 411 g/mol. The van der Waals surface area contributed by atoms with Crippen molar-refractivity contribution in [1.29, 1.82) is 0 Å². The van der Waals surface area contributed by atoms with Crippen molar-refractivity contribution in [3.05, 3.63) is 47.7 Å². The fourth-order valence-electron chi connectivity index (χ4n) is 3.16. The van der Waals surface area contributed by atoms with Crippen molar-refractivity contribution in [2.75, 3.05) is 19.6 Å². The van der Waals surface area contributed by atoms with Crippen LogP contribution in [-0.2, 0) is 21.4 Å². The van der Waals surface area contributed by atoms with Crippen molar-refractivity contribution in [2.45, 2.75) is 30.7 Å². The second-order valence-electron chi connectivity index (χ2n) is 6.56. The summed E-state index contributed by atoms with van der Waals surface area (Å²) in [7, 11) is -3.48. The van der Waals surface area contributed by atoms with Crippen molar-refractivity contribution >= 4 is 27.5 Å². The Morgan fingerprint density at radius 2 is 1.93 bits per heavy atom. The topological polar surface area (TPSA) is 84.3 Å². The van der Waals surface area contributed by atoms with Gasteiger partial charge in [-0.2, -0.15) is 9.40 Å². The summed E-state index contributed by atoms with van der Waals surface area (Å²) in [6.07, 6.45) is 5.15. The molecule has 0 bridgehead atoms. The third-order valence-corrected chi connectivity index (χ3v) is 6.78. The number of aryl methyl sites for hydroxylation is 1. The highest BCUT2D eigenvalue weighted by Gasteiger charge is 2.31. The van der Waals surface area contributed by atoms with Gasteiger partial charge in [0.25, 0.3) is 0 Å². The molecule has 1 aromatic heterocycles. The first-order valence-electron chi connectivity index (χ1n) is 8.97. The van der Waals surface area contributed by atoms with E-state index in [-0.39, 0.29) is 11.8 Å². The third kappa shape index (κ3) is 5.09. The van der Waals surface area contributed by atoms with Gasteiger partial charge in [-0.15, -0.1) is 0 Å². The van der Waals surface area contributed by atoms with E-state index in [2.05, 4.69) is 10.4 Å². The smallest absolute Gasteiger partial charge is 0.243 e. The number of carbonyl (C=O) groups excluding carboxylic acids is 1. The predicted molar refractivity (Wildman–Crippen MR) is 103 cm³/mol. The van der Waals surface area contributed by atoms with Gasteiger partial charge in [0.15, 0.2) is 0 Å². The zero-order valence-corrected chi connectivity index (χ0v) is 16.5. The molecule has 1 aliphatic rings. The summed E-state index contributed by atoms with van der Waals surface area (Å²) >= 11 is 5.81. The van der Waals surface area contributed by atoms with Gasteiger partial charge < -0.3 is 5.32 Å². The van der Waals surface area contributed by atoms with Crippen molar-refractivity contribution in [3.63, 3.8) is 0 Å². The van der Waals surface area contributed by atoms with Gasteiger partial charge in [0.1, 0.15) is 0 Å². The number of carbonyl (C=O) groups is 1. The van der Waals surface area contributed by atoms with E-state index in [1.165, 1.54) is 4.31 Å². The lowest BCUT2D eigenvalue weighted by Crippen LogP contribution is -2.43. The molecule has 0 radical (unpaired) electrons. The third-order valence-electron chi connectivity index (χ3n) is 4.67. The van der Waals surface area contributed by atoms with E-state index in [0.717, 1.165) is 6.42 Å². The van der Waals surface area contributed by atoms with Crippen LogP contribution < -0.4 is 5.32 Å². The van der Waals surface area contributed by atoms with Crippen LogP contribution in [0.2, 0.25) is 5.02 Å². The summed E-state index contributed by atoms with van der Waals surface area (Å²) in [6.45, 7) is 1.96. The van der Waals surface area contributed by atoms with Crippen LogP contribution in [0.15, 0.2) is 47.6 Å². The van der Waals surface area contributed by atoms with Crippen LogP contribution in [0.3, 0.4) is 0 Å². The van der Waals surface area contributed by atoms with Crippen molar-refractivity contribution in [3.8, 4) is 0 Å². The number of rotatable bonds is 7. The molecule has 3 rings (SSSR count). The Bertz CT molecular complexity index is 862. The second-order valence-corrected chi connectivity index (χ2v) is 8.93. The van der Waals surface area contributed by atoms with Crippen LogP contribution in [0, 0.1) is 5.92 Å². The molecule has 1 aliphatic heterocycles. The lowest BCUT2D eigenvalue weighted by atomic mass is 9.97. The predicted octanol–water partition coefficient (Wildman–Crippen LogP) is 2.14. The highest BCUT2D eigenvalue weighted by Crippen LogP contribution is 2.23. The molecule has 0 unspecified atom stereocenters. The number of hydrogen-bond acceptors (Lipinski definition) is 4. The molecular formula is C18H23ClN4O3S. The average Bonchev–Trinajstić information content (AvgIpc) is 3.11. The van der Waals surface area contributed by atoms with Gasteiger partial charge in [-0.1, -0.05) is 29.8 Å². The summed E-state index contributed by atoms with van der Waals surface area (Å²) in [5.74, 6) is -0.156. The molecule has 1 N–H and O–H groups in total. The fraction of sp³-hybridized carbons (Fsp3) is 0.444. The molecule has 9 heteroatoms. The molecule has 27 heavy (non-hydrogen) atoms. The van der Waals surface area contributed by atoms with Gasteiger partial charge in [-0.25, -0.2) is 8.42 Å². The number of nitrogens with zero attached hydrogens (tertiary/aromatic N) is 3. The van der Waals surface area contributed by atoms with Gasteiger partial charge in [0.05, 0.1) is 16.1 Å². The number of amides is 1. The Morgan fingerprint density at radius 1 is 1.22 bits per heavy atom. The standard InChI is InChI=1S/C18H23ClN4O3S/c19-16-13-21-22(14-16)10-4-9-20-18(24)15-7-11-23(12-8-15)27(25,26)17-5-2-1-3-6-17/h1-3,5-6,13-15H,4,7-12H2,(H,20,24). The van der Waals surface area contributed by atoms with E-state index in [0.29, 0.717) is 48.9 Å². The Kier molecular flexibility index (Phi) is 6.51. The van der Waals surface area contributed by atoms with E-state index in [4.69, 9.17) is 11.6 Å². The van der Waals surface area contributed by atoms with Crippen LogP contribution >= 0.6 is 11.6 Å². The molecule has 1 aromatic carbocycles. The molecule has 1 fully saturated rings. The molecule has 1 amide bonds. The van der Waals surface area contributed by atoms with Crippen molar-refractivity contribution in [1.82, 2.24) is 19.4 Å². The zero-order valence-electron chi connectivity index (χ0n) is 14.9. The molecule has 0 atom stereocenters. The largest absolute Gasteiger partial charge is 0.356 e. The van der Waals surface area contributed by atoms with Crippen molar-refractivity contribution in [2.24, 2.45) is 5.92 Å². The fourth-order valence-corrected chi connectivity index (χ4v) is 4.80. The van der Waals surface area contributed by atoms with Crippen LogP contribution in [0.5, 0.6) is 0 Å². The van der Waals surface area contributed by atoms with E-state index < -0.39 is 10.0 Å². The molecule has 0 aliphatic carbocycles. The summed E-state index contributed by atoms with van der Waals surface area (Å²) < 4.78 is 28.4. The van der Waals surface area contributed by atoms with Gasteiger partial charge in [0, 0.05) is 38.3 Å². The molecule has 2 heterocycles. The number of nitrogens with one attached hydrogen (secondary N) is 1. The van der Waals surface area contributed by atoms with Crippen LogP contribution in [0.4, 0.5) is 0 Å². The zero-order chi connectivity index (χ0) is 19.3. The Labute approximate surface area is 164 Å². The van der Waals surface area contributed by atoms with Gasteiger partial charge in [0.2, 0.25) is 15.9 Å². The number of aromatic nitrogens is 2. The number of halogens is 1. The van der Waals surface area contributed by atoms with Gasteiger partial charge in [-0.3, -0.25) is 9.48 Å². The number of benzene rings is 1.